The molecule has 0 amide bonds. The molecule has 8 heteroatoms. The molecule has 1 saturated carbocycles. The molecular weight excluding hydrogens is 436 g/mol. The predicted octanol–water partition coefficient (Wildman–Crippen LogP) is 5.29. The summed E-state index contributed by atoms with van der Waals surface area (Å²) in [6.45, 7) is 4.54. The van der Waals surface area contributed by atoms with Gasteiger partial charge in [-0.25, -0.2) is 8.42 Å². The molecule has 176 valence electrons. The standard InChI is InChI=1S/C25H32N4O3S/c1-18(16-20-8-4-3-5-9-20)26-17-22-10-6-7-11-24(22)29-33(30,31)23-14-12-21(13-15-23)25-28-27-19(2)32-25/h6-7,10-15,18,20,26,29H,3-5,8-9,16-17H2,1-2H3. The zero-order valence-electron chi connectivity index (χ0n) is 19.3. The minimum Gasteiger partial charge on any atom is -0.421 e. The van der Waals surface area contributed by atoms with Gasteiger partial charge in [0.2, 0.25) is 11.8 Å². The number of para-hydroxylation sites is 1. The Morgan fingerprint density at radius 2 is 1.76 bits per heavy atom. The van der Waals surface area contributed by atoms with Gasteiger partial charge < -0.3 is 9.73 Å². The van der Waals surface area contributed by atoms with Crippen LogP contribution in [0.15, 0.2) is 57.8 Å². The molecule has 1 aliphatic carbocycles. The Hall–Kier alpha value is -2.71. The highest BCUT2D eigenvalue weighted by Crippen LogP contribution is 2.28. The van der Waals surface area contributed by atoms with E-state index in [9.17, 15) is 8.42 Å². The van der Waals surface area contributed by atoms with Crippen molar-refractivity contribution in [3.05, 3.63) is 60.0 Å². The number of hydrogen-bond acceptors (Lipinski definition) is 6. The van der Waals surface area contributed by atoms with Gasteiger partial charge in [-0.05, 0) is 55.2 Å². The molecule has 1 atom stereocenters. The van der Waals surface area contributed by atoms with Gasteiger partial charge in [0, 0.05) is 25.1 Å². The summed E-state index contributed by atoms with van der Waals surface area (Å²) in [5.41, 5.74) is 2.19. The molecule has 1 heterocycles. The number of nitrogens with one attached hydrogen (secondary N) is 2. The smallest absolute Gasteiger partial charge is 0.261 e. The first-order chi connectivity index (χ1) is 15.9. The first-order valence-corrected chi connectivity index (χ1v) is 13.1. The van der Waals surface area contributed by atoms with Gasteiger partial charge in [0.1, 0.15) is 0 Å². The van der Waals surface area contributed by atoms with Crippen molar-refractivity contribution in [3.63, 3.8) is 0 Å². The molecule has 33 heavy (non-hydrogen) atoms. The van der Waals surface area contributed by atoms with Gasteiger partial charge in [-0.1, -0.05) is 50.3 Å². The molecule has 1 aromatic heterocycles. The van der Waals surface area contributed by atoms with E-state index in [1.165, 1.54) is 38.5 Å². The van der Waals surface area contributed by atoms with Gasteiger partial charge in [-0.2, -0.15) is 0 Å². The van der Waals surface area contributed by atoms with Crippen molar-refractivity contribution >= 4 is 15.7 Å². The minimum absolute atomic E-state index is 0.177. The SMILES string of the molecule is Cc1nnc(-c2ccc(S(=O)(=O)Nc3ccccc3CNC(C)CC3CCCCC3)cc2)o1. The average molecular weight is 469 g/mol. The maximum Gasteiger partial charge on any atom is 0.261 e. The third-order valence-electron chi connectivity index (χ3n) is 6.25. The fraction of sp³-hybridized carbons (Fsp3) is 0.440. The van der Waals surface area contributed by atoms with Crippen LogP contribution in [0, 0.1) is 12.8 Å². The second-order valence-electron chi connectivity index (χ2n) is 8.93. The van der Waals surface area contributed by atoms with Crippen LogP contribution >= 0.6 is 0 Å². The number of sulfonamides is 1. The van der Waals surface area contributed by atoms with Crippen molar-refractivity contribution in [2.75, 3.05) is 4.72 Å². The lowest BCUT2D eigenvalue weighted by Crippen LogP contribution is -2.29. The van der Waals surface area contributed by atoms with Crippen LogP contribution in [0.5, 0.6) is 0 Å². The van der Waals surface area contributed by atoms with Crippen molar-refractivity contribution in [3.8, 4) is 11.5 Å². The van der Waals surface area contributed by atoms with E-state index in [1.54, 1.807) is 37.3 Å². The normalized spacial score (nSPS) is 15.9. The molecule has 3 aromatic rings. The number of aromatic nitrogens is 2. The van der Waals surface area contributed by atoms with Gasteiger partial charge in [-0.3, -0.25) is 4.72 Å². The molecule has 0 bridgehead atoms. The van der Waals surface area contributed by atoms with E-state index in [-0.39, 0.29) is 4.90 Å². The Morgan fingerprint density at radius 1 is 1.03 bits per heavy atom. The molecule has 0 radical (unpaired) electrons. The van der Waals surface area contributed by atoms with E-state index >= 15 is 0 Å². The monoisotopic (exact) mass is 468 g/mol. The molecular formula is C25H32N4O3S. The van der Waals surface area contributed by atoms with Crippen LogP contribution < -0.4 is 10.0 Å². The van der Waals surface area contributed by atoms with Gasteiger partial charge in [0.15, 0.2) is 0 Å². The summed E-state index contributed by atoms with van der Waals surface area (Å²) in [7, 11) is -3.74. The summed E-state index contributed by atoms with van der Waals surface area (Å²) in [5, 5.41) is 11.4. The van der Waals surface area contributed by atoms with Crippen LogP contribution in [0.2, 0.25) is 0 Å². The zero-order valence-corrected chi connectivity index (χ0v) is 20.1. The largest absolute Gasteiger partial charge is 0.421 e. The highest BCUT2D eigenvalue weighted by Gasteiger charge is 2.19. The Kier molecular flexibility index (Phi) is 7.45. The van der Waals surface area contributed by atoms with Crippen LogP contribution in [0.4, 0.5) is 5.69 Å². The molecule has 4 rings (SSSR count). The van der Waals surface area contributed by atoms with Crippen molar-refractivity contribution in [1.82, 2.24) is 15.5 Å². The number of nitrogens with zero attached hydrogens (tertiary/aromatic N) is 2. The van der Waals surface area contributed by atoms with E-state index in [2.05, 4.69) is 27.2 Å². The molecule has 2 aromatic carbocycles. The van der Waals surface area contributed by atoms with Gasteiger partial charge in [0.05, 0.1) is 10.6 Å². The first kappa shape index (κ1) is 23.4. The van der Waals surface area contributed by atoms with Gasteiger partial charge >= 0.3 is 0 Å². The molecule has 1 unspecified atom stereocenters. The second kappa shape index (κ2) is 10.5. The maximum atomic E-state index is 13.0. The van der Waals surface area contributed by atoms with E-state index in [4.69, 9.17) is 4.42 Å². The lowest BCUT2D eigenvalue weighted by atomic mass is 9.85. The highest BCUT2D eigenvalue weighted by atomic mass is 32.2. The number of anilines is 1. The van der Waals surface area contributed by atoms with Crippen molar-refractivity contribution in [2.24, 2.45) is 5.92 Å². The van der Waals surface area contributed by atoms with E-state index in [0.29, 0.717) is 35.6 Å². The lowest BCUT2D eigenvalue weighted by Gasteiger charge is -2.25. The molecule has 0 aliphatic heterocycles. The van der Waals surface area contributed by atoms with Crippen LogP contribution in [0.3, 0.4) is 0 Å². The third-order valence-corrected chi connectivity index (χ3v) is 7.63. The van der Waals surface area contributed by atoms with Crippen LogP contribution in [-0.2, 0) is 16.6 Å². The summed E-state index contributed by atoms with van der Waals surface area (Å²) >= 11 is 0. The quantitative estimate of drug-likeness (QED) is 0.443. The Labute approximate surface area is 196 Å². The van der Waals surface area contributed by atoms with E-state index in [0.717, 1.165) is 11.5 Å². The van der Waals surface area contributed by atoms with Crippen LogP contribution in [0.1, 0.15) is 56.9 Å². The third kappa shape index (κ3) is 6.21. The minimum atomic E-state index is -3.74. The Balaban J connectivity index is 1.40. The second-order valence-corrected chi connectivity index (χ2v) is 10.6. The van der Waals surface area contributed by atoms with E-state index < -0.39 is 10.0 Å². The van der Waals surface area contributed by atoms with Crippen molar-refractivity contribution < 1.29 is 12.8 Å². The fourth-order valence-electron chi connectivity index (χ4n) is 4.46. The number of hydrogen-bond donors (Lipinski definition) is 2. The average Bonchev–Trinajstić information content (AvgIpc) is 3.25. The Bertz CT molecular complexity index is 1150. The summed E-state index contributed by atoms with van der Waals surface area (Å²) in [4.78, 5) is 0.177. The molecule has 2 N–H and O–H groups in total. The topological polar surface area (TPSA) is 97.1 Å². The fourth-order valence-corrected chi connectivity index (χ4v) is 5.56. The summed E-state index contributed by atoms with van der Waals surface area (Å²) in [5.74, 6) is 1.62. The summed E-state index contributed by atoms with van der Waals surface area (Å²) in [6.07, 6.45) is 7.88. The van der Waals surface area contributed by atoms with Crippen molar-refractivity contribution in [1.29, 1.82) is 0 Å². The molecule has 0 saturated heterocycles. The summed E-state index contributed by atoms with van der Waals surface area (Å²) in [6, 6.07) is 14.3. The molecule has 7 nitrogen and oxygen atoms in total. The lowest BCUT2D eigenvalue weighted by molar-refractivity contribution is 0.305. The summed E-state index contributed by atoms with van der Waals surface area (Å²) < 4.78 is 34.2. The Morgan fingerprint density at radius 3 is 2.45 bits per heavy atom. The van der Waals surface area contributed by atoms with Crippen LogP contribution in [0.25, 0.3) is 11.5 Å². The molecule has 1 fully saturated rings. The van der Waals surface area contributed by atoms with Gasteiger partial charge in [0.25, 0.3) is 10.0 Å². The van der Waals surface area contributed by atoms with Crippen molar-refractivity contribution in [2.45, 2.75) is 69.9 Å². The predicted molar refractivity (Wildman–Crippen MR) is 129 cm³/mol. The van der Waals surface area contributed by atoms with Gasteiger partial charge in [-0.15, -0.1) is 10.2 Å². The maximum absolute atomic E-state index is 13.0. The molecule has 0 spiro atoms. The van der Waals surface area contributed by atoms with E-state index in [1.807, 2.05) is 18.2 Å². The first-order valence-electron chi connectivity index (χ1n) is 11.7. The number of benzene rings is 2. The molecule has 1 aliphatic rings. The number of rotatable bonds is 9. The zero-order chi connectivity index (χ0) is 23.3. The number of aryl methyl sites for hydroxylation is 1. The van der Waals surface area contributed by atoms with Crippen LogP contribution in [-0.4, -0.2) is 24.7 Å². The highest BCUT2D eigenvalue weighted by molar-refractivity contribution is 7.92.